The molecule has 1 fully saturated rings. The lowest BCUT2D eigenvalue weighted by Crippen LogP contribution is -2.27. The zero-order valence-electron chi connectivity index (χ0n) is 8.98. The van der Waals surface area contributed by atoms with E-state index in [1.807, 2.05) is 13.8 Å². The van der Waals surface area contributed by atoms with Gasteiger partial charge in [0.25, 0.3) is 0 Å². The smallest absolute Gasteiger partial charge is 0.247 e. The molecule has 0 radical (unpaired) electrons. The topological polar surface area (TPSA) is 29.1 Å². The maximum atomic E-state index is 11.6. The molecule has 1 saturated carbocycles. The standard InChI is InChI=1S/C11H19NO/c1-5-7(2)9(4)11(13)12-10-6-8(10)3/h8,10H,5-6H2,1-4H3,(H,12,13)/b9-7+. The van der Waals surface area contributed by atoms with Gasteiger partial charge in [0.05, 0.1) is 0 Å². The van der Waals surface area contributed by atoms with Crippen molar-refractivity contribution in [2.45, 2.75) is 46.6 Å². The van der Waals surface area contributed by atoms with Gasteiger partial charge in [-0.2, -0.15) is 0 Å². The Morgan fingerprint density at radius 1 is 1.46 bits per heavy atom. The summed E-state index contributed by atoms with van der Waals surface area (Å²) in [6.07, 6.45) is 2.10. The number of carbonyl (C=O) groups excluding carboxylic acids is 1. The molecule has 1 rings (SSSR count). The van der Waals surface area contributed by atoms with Gasteiger partial charge < -0.3 is 5.32 Å². The average molecular weight is 181 g/mol. The van der Waals surface area contributed by atoms with Crippen molar-refractivity contribution >= 4 is 5.91 Å². The number of rotatable bonds is 3. The van der Waals surface area contributed by atoms with E-state index in [2.05, 4.69) is 19.2 Å². The van der Waals surface area contributed by atoms with Gasteiger partial charge in [0, 0.05) is 11.6 Å². The summed E-state index contributed by atoms with van der Waals surface area (Å²) in [6, 6.07) is 0.437. The highest BCUT2D eigenvalue weighted by Gasteiger charge is 2.33. The van der Waals surface area contributed by atoms with Crippen LogP contribution in [0.5, 0.6) is 0 Å². The summed E-state index contributed by atoms with van der Waals surface area (Å²) in [6.45, 7) is 8.16. The van der Waals surface area contributed by atoms with E-state index >= 15 is 0 Å². The normalized spacial score (nSPS) is 28.0. The number of nitrogens with one attached hydrogen (secondary N) is 1. The molecule has 0 aliphatic heterocycles. The predicted octanol–water partition coefficient (Wildman–Crippen LogP) is 2.26. The van der Waals surface area contributed by atoms with Crippen molar-refractivity contribution in [1.29, 1.82) is 0 Å². The maximum absolute atomic E-state index is 11.6. The minimum absolute atomic E-state index is 0.119. The van der Waals surface area contributed by atoms with Crippen LogP contribution in [0.15, 0.2) is 11.1 Å². The van der Waals surface area contributed by atoms with Gasteiger partial charge >= 0.3 is 0 Å². The lowest BCUT2D eigenvalue weighted by atomic mass is 10.1. The lowest BCUT2D eigenvalue weighted by molar-refractivity contribution is -0.117. The summed E-state index contributed by atoms with van der Waals surface area (Å²) in [7, 11) is 0. The van der Waals surface area contributed by atoms with Crippen molar-refractivity contribution in [3.05, 3.63) is 11.1 Å². The highest BCUT2D eigenvalue weighted by Crippen LogP contribution is 2.29. The van der Waals surface area contributed by atoms with Crippen LogP contribution in [0.3, 0.4) is 0 Å². The largest absolute Gasteiger partial charge is 0.349 e. The van der Waals surface area contributed by atoms with Crippen molar-refractivity contribution in [2.75, 3.05) is 0 Å². The molecule has 1 aliphatic carbocycles. The van der Waals surface area contributed by atoms with E-state index in [0.29, 0.717) is 12.0 Å². The van der Waals surface area contributed by atoms with Crippen LogP contribution < -0.4 is 5.32 Å². The van der Waals surface area contributed by atoms with E-state index in [9.17, 15) is 4.79 Å². The Morgan fingerprint density at radius 2 is 2.00 bits per heavy atom. The zero-order chi connectivity index (χ0) is 10.0. The fraction of sp³-hybridized carbons (Fsp3) is 0.727. The molecule has 1 amide bonds. The quantitative estimate of drug-likeness (QED) is 0.665. The van der Waals surface area contributed by atoms with E-state index in [-0.39, 0.29) is 5.91 Å². The summed E-state index contributed by atoms with van der Waals surface area (Å²) in [5, 5.41) is 3.02. The Hall–Kier alpha value is -0.790. The molecule has 1 aliphatic rings. The van der Waals surface area contributed by atoms with Gasteiger partial charge in [-0.05, 0) is 32.6 Å². The molecule has 0 bridgehead atoms. The van der Waals surface area contributed by atoms with Crippen LogP contribution in [0.2, 0.25) is 0 Å². The Balaban J connectivity index is 2.47. The molecule has 0 heterocycles. The molecule has 0 spiro atoms. The molecule has 0 aromatic rings. The molecule has 2 nitrogen and oxygen atoms in total. The number of hydrogen-bond acceptors (Lipinski definition) is 1. The minimum Gasteiger partial charge on any atom is -0.349 e. The van der Waals surface area contributed by atoms with Crippen molar-refractivity contribution in [3.8, 4) is 0 Å². The van der Waals surface area contributed by atoms with Gasteiger partial charge in [-0.25, -0.2) is 0 Å². The first-order valence-corrected chi connectivity index (χ1v) is 5.03. The monoisotopic (exact) mass is 181 g/mol. The lowest BCUT2D eigenvalue weighted by Gasteiger charge is -2.06. The van der Waals surface area contributed by atoms with Crippen LogP contribution in [0.1, 0.15) is 40.5 Å². The Bertz CT molecular complexity index is 242. The fourth-order valence-electron chi connectivity index (χ4n) is 1.26. The highest BCUT2D eigenvalue weighted by atomic mass is 16.1. The van der Waals surface area contributed by atoms with E-state index in [1.165, 1.54) is 5.57 Å². The summed E-state index contributed by atoms with van der Waals surface area (Å²) in [4.78, 5) is 11.6. The molecule has 2 heteroatoms. The van der Waals surface area contributed by atoms with Crippen molar-refractivity contribution < 1.29 is 4.79 Å². The number of hydrogen-bond donors (Lipinski definition) is 1. The van der Waals surface area contributed by atoms with Crippen molar-refractivity contribution in [2.24, 2.45) is 5.92 Å². The molecule has 0 aromatic carbocycles. The predicted molar refractivity (Wildman–Crippen MR) is 54.4 cm³/mol. The van der Waals surface area contributed by atoms with Gasteiger partial charge in [-0.1, -0.05) is 19.4 Å². The van der Waals surface area contributed by atoms with Crippen molar-refractivity contribution in [1.82, 2.24) is 5.32 Å². The van der Waals surface area contributed by atoms with Crippen LogP contribution in [0.25, 0.3) is 0 Å². The second-order valence-electron chi connectivity index (χ2n) is 4.05. The number of allylic oxidation sites excluding steroid dienone is 1. The summed E-state index contributed by atoms with van der Waals surface area (Å²) in [5.41, 5.74) is 2.08. The minimum atomic E-state index is 0.119. The fourth-order valence-corrected chi connectivity index (χ4v) is 1.26. The first kappa shape index (κ1) is 10.3. The summed E-state index contributed by atoms with van der Waals surface area (Å²) >= 11 is 0. The first-order chi connectivity index (χ1) is 6.06. The second-order valence-corrected chi connectivity index (χ2v) is 4.05. The van der Waals surface area contributed by atoms with Crippen LogP contribution in [0, 0.1) is 5.92 Å². The van der Waals surface area contributed by atoms with Crippen LogP contribution >= 0.6 is 0 Å². The Morgan fingerprint density at radius 3 is 2.38 bits per heavy atom. The molecule has 13 heavy (non-hydrogen) atoms. The SMILES string of the molecule is CC/C(C)=C(\C)C(=O)NC1CC1C. The summed E-state index contributed by atoms with van der Waals surface area (Å²) in [5.74, 6) is 0.799. The molecule has 74 valence electrons. The number of amides is 1. The van der Waals surface area contributed by atoms with Crippen LogP contribution in [-0.2, 0) is 4.79 Å². The average Bonchev–Trinajstić information content (AvgIpc) is 2.79. The van der Waals surface area contributed by atoms with Crippen LogP contribution in [-0.4, -0.2) is 11.9 Å². The molecule has 1 N–H and O–H groups in total. The zero-order valence-corrected chi connectivity index (χ0v) is 8.98. The third kappa shape index (κ3) is 2.58. The van der Waals surface area contributed by atoms with Gasteiger partial charge in [-0.15, -0.1) is 0 Å². The van der Waals surface area contributed by atoms with E-state index in [4.69, 9.17) is 0 Å². The van der Waals surface area contributed by atoms with Crippen molar-refractivity contribution in [3.63, 3.8) is 0 Å². The van der Waals surface area contributed by atoms with E-state index < -0.39 is 0 Å². The van der Waals surface area contributed by atoms with Gasteiger partial charge in [0.2, 0.25) is 5.91 Å². The molecule has 2 atom stereocenters. The second kappa shape index (κ2) is 3.95. The maximum Gasteiger partial charge on any atom is 0.247 e. The van der Waals surface area contributed by atoms with Gasteiger partial charge in [0.1, 0.15) is 0 Å². The Kier molecular flexibility index (Phi) is 3.12. The number of carbonyl (C=O) groups is 1. The molecule has 0 saturated heterocycles. The van der Waals surface area contributed by atoms with Gasteiger partial charge in [-0.3, -0.25) is 4.79 Å². The molecule has 0 aromatic heterocycles. The third-order valence-electron chi connectivity index (χ3n) is 2.94. The third-order valence-corrected chi connectivity index (χ3v) is 2.94. The highest BCUT2D eigenvalue weighted by molar-refractivity contribution is 5.93. The van der Waals surface area contributed by atoms with E-state index in [0.717, 1.165) is 18.4 Å². The molecular weight excluding hydrogens is 162 g/mol. The molecule has 2 unspecified atom stereocenters. The van der Waals surface area contributed by atoms with E-state index in [1.54, 1.807) is 0 Å². The molecular formula is C11H19NO. The summed E-state index contributed by atoms with van der Waals surface area (Å²) < 4.78 is 0. The first-order valence-electron chi connectivity index (χ1n) is 5.03. The Labute approximate surface area is 80.4 Å². The van der Waals surface area contributed by atoms with Gasteiger partial charge in [0.15, 0.2) is 0 Å². The van der Waals surface area contributed by atoms with Crippen LogP contribution in [0.4, 0.5) is 0 Å².